The van der Waals surface area contributed by atoms with E-state index in [0.717, 1.165) is 4.47 Å². The lowest BCUT2D eigenvalue weighted by atomic mass is 10.1. The first-order valence-electron chi connectivity index (χ1n) is 4.88. The average Bonchev–Trinajstić information content (AvgIpc) is 2.16. The molecule has 1 rings (SSSR count). The number of benzene rings is 1. The number of hydrogen-bond donors (Lipinski definition) is 1. The molecule has 90 valence electrons. The Balaban J connectivity index is 3.02. The van der Waals surface area contributed by atoms with Crippen LogP contribution >= 0.6 is 15.9 Å². The Kier molecular flexibility index (Phi) is 4.68. The van der Waals surface area contributed by atoms with Gasteiger partial charge in [-0.05, 0) is 25.1 Å². The van der Waals surface area contributed by atoms with Crippen molar-refractivity contribution in [2.24, 2.45) is 0 Å². The second-order valence-corrected chi connectivity index (χ2v) is 4.57. The van der Waals surface area contributed by atoms with Crippen LogP contribution in [0.15, 0.2) is 22.7 Å². The van der Waals surface area contributed by atoms with Crippen molar-refractivity contribution < 1.29 is 13.9 Å². The highest BCUT2D eigenvalue weighted by Gasteiger charge is 2.15. The summed E-state index contributed by atoms with van der Waals surface area (Å²) in [7, 11) is 1.58. The molecule has 0 aromatic heterocycles. The molecule has 1 unspecified atom stereocenters. The number of anilines is 1. The van der Waals surface area contributed by atoms with Gasteiger partial charge in [-0.1, -0.05) is 15.9 Å². The second kappa shape index (κ2) is 5.59. The molecule has 1 atom stereocenters. The highest BCUT2D eigenvalue weighted by atomic mass is 79.9. The highest BCUT2D eigenvalue weighted by molar-refractivity contribution is 9.10. The summed E-state index contributed by atoms with van der Waals surface area (Å²) in [6.45, 7) is 1.27. The fraction of sp³-hybridized carbons (Fsp3) is 0.455. The SMILES string of the molecule is CC(O)c1cc(Br)ccc1N(C)CC(F)F. The van der Waals surface area contributed by atoms with Crippen molar-refractivity contribution >= 4 is 21.6 Å². The normalized spacial score (nSPS) is 12.9. The van der Waals surface area contributed by atoms with Crippen molar-refractivity contribution in [3.05, 3.63) is 28.2 Å². The minimum absolute atomic E-state index is 0.346. The summed E-state index contributed by atoms with van der Waals surface area (Å²) in [6, 6.07) is 5.22. The highest BCUT2D eigenvalue weighted by Crippen LogP contribution is 2.29. The van der Waals surface area contributed by atoms with Crippen LogP contribution in [0, 0.1) is 0 Å². The van der Waals surface area contributed by atoms with Crippen LogP contribution in [0.1, 0.15) is 18.6 Å². The Morgan fingerprint density at radius 2 is 2.06 bits per heavy atom. The zero-order chi connectivity index (χ0) is 12.3. The Morgan fingerprint density at radius 3 is 2.56 bits per heavy atom. The Morgan fingerprint density at radius 1 is 1.44 bits per heavy atom. The molecule has 0 saturated carbocycles. The molecule has 5 heteroatoms. The molecule has 0 amide bonds. The molecular formula is C11H14BrF2NO. The van der Waals surface area contributed by atoms with Gasteiger partial charge < -0.3 is 10.0 Å². The predicted molar refractivity (Wildman–Crippen MR) is 64.0 cm³/mol. The number of aliphatic hydroxyl groups excluding tert-OH is 1. The predicted octanol–water partition coefficient (Wildman–Crippen LogP) is 3.20. The molecule has 1 N–H and O–H groups in total. The van der Waals surface area contributed by atoms with E-state index in [0.29, 0.717) is 11.3 Å². The van der Waals surface area contributed by atoms with E-state index < -0.39 is 12.5 Å². The van der Waals surface area contributed by atoms with E-state index in [4.69, 9.17) is 0 Å². The molecule has 0 radical (unpaired) electrons. The molecule has 0 spiro atoms. The summed E-state index contributed by atoms with van der Waals surface area (Å²) in [4.78, 5) is 1.44. The number of hydrogen-bond acceptors (Lipinski definition) is 2. The van der Waals surface area contributed by atoms with E-state index in [1.807, 2.05) is 0 Å². The van der Waals surface area contributed by atoms with Crippen LogP contribution in [-0.2, 0) is 0 Å². The molecule has 1 aromatic rings. The maximum Gasteiger partial charge on any atom is 0.255 e. The number of rotatable bonds is 4. The van der Waals surface area contributed by atoms with Gasteiger partial charge in [-0.2, -0.15) is 0 Å². The van der Waals surface area contributed by atoms with Gasteiger partial charge in [0.1, 0.15) is 0 Å². The summed E-state index contributed by atoms with van der Waals surface area (Å²) in [5.41, 5.74) is 1.26. The fourth-order valence-electron chi connectivity index (χ4n) is 1.51. The first-order chi connectivity index (χ1) is 7.41. The molecular weight excluding hydrogens is 280 g/mol. The van der Waals surface area contributed by atoms with Gasteiger partial charge in [0.15, 0.2) is 0 Å². The first-order valence-corrected chi connectivity index (χ1v) is 5.68. The third-order valence-corrected chi connectivity index (χ3v) is 2.76. The molecule has 1 aromatic carbocycles. The Labute approximate surface area is 102 Å². The molecule has 0 aliphatic rings. The van der Waals surface area contributed by atoms with Crippen molar-refractivity contribution in [3.63, 3.8) is 0 Å². The third kappa shape index (κ3) is 3.42. The van der Waals surface area contributed by atoms with Gasteiger partial charge in [-0.3, -0.25) is 0 Å². The van der Waals surface area contributed by atoms with Gasteiger partial charge in [-0.25, -0.2) is 8.78 Å². The van der Waals surface area contributed by atoms with Crippen molar-refractivity contribution in [2.75, 3.05) is 18.5 Å². The van der Waals surface area contributed by atoms with E-state index in [1.54, 1.807) is 32.2 Å². The average molecular weight is 294 g/mol. The van der Waals surface area contributed by atoms with Crippen LogP contribution in [0.4, 0.5) is 14.5 Å². The van der Waals surface area contributed by atoms with E-state index >= 15 is 0 Å². The number of halogens is 3. The van der Waals surface area contributed by atoms with Crippen molar-refractivity contribution in [1.82, 2.24) is 0 Å². The van der Waals surface area contributed by atoms with Crippen molar-refractivity contribution in [2.45, 2.75) is 19.5 Å². The van der Waals surface area contributed by atoms with Crippen LogP contribution in [-0.4, -0.2) is 25.1 Å². The molecule has 2 nitrogen and oxygen atoms in total. The van der Waals surface area contributed by atoms with Crippen molar-refractivity contribution in [1.29, 1.82) is 0 Å². The van der Waals surface area contributed by atoms with E-state index in [2.05, 4.69) is 15.9 Å². The molecule has 0 bridgehead atoms. The summed E-state index contributed by atoms with van der Waals surface area (Å²) in [5.74, 6) is 0. The summed E-state index contributed by atoms with van der Waals surface area (Å²) >= 11 is 3.29. The zero-order valence-corrected chi connectivity index (χ0v) is 10.7. The Bertz CT molecular complexity index is 358. The summed E-state index contributed by atoms with van der Waals surface area (Å²) < 4.78 is 25.4. The lowest BCUT2D eigenvalue weighted by Gasteiger charge is -2.23. The fourth-order valence-corrected chi connectivity index (χ4v) is 1.89. The largest absolute Gasteiger partial charge is 0.389 e. The number of nitrogens with zero attached hydrogens (tertiary/aromatic N) is 1. The quantitative estimate of drug-likeness (QED) is 0.921. The third-order valence-electron chi connectivity index (χ3n) is 2.26. The van der Waals surface area contributed by atoms with Crippen LogP contribution in [0.2, 0.25) is 0 Å². The lowest BCUT2D eigenvalue weighted by molar-refractivity contribution is 0.156. The minimum Gasteiger partial charge on any atom is -0.389 e. The van der Waals surface area contributed by atoms with Gasteiger partial charge in [0.25, 0.3) is 6.43 Å². The number of aliphatic hydroxyl groups is 1. The monoisotopic (exact) mass is 293 g/mol. The van der Waals surface area contributed by atoms with Crippen molar-refractivity contribution in [3.8, 4) is 0 Å². The molecule has 0 aliphatic carbocycles. The minimum atomic E-state index is -2.39. The van der Waals surface area contributed by atoms with Crippen LogP contribution < -0.4 is 4.90 Å². The number of alkyl halides is 2. The van der Waals surface area contributed by atoms with Crippen LogP contribution in [0.3, 0.4) is 0 Å². The molecule has 16 heavy (non-hydrogen) atoms. The molecule has 0 fully saturated rings. The maximum absolute atomic E-state index is 12.3. The summed E-state index contributed by atoms with van der Waals surface area (Å²) in [6.07, 6.45) is -3.08. The smallest absolute Gasteiger partial charge is 0.255 e. The van der Waals surface area contributed by atoms with E-state index in [1.165, 1.54) is 4.90 Å². The molecule has 0 heterocycles. The van der Waals surface area contributed by atoms with Gasteiger partial charge >= 0.3 is 0 Å². The van der Waals surface area contributed by atoms with Crippen LogP contribution in [0.25, 0.3) is 0 Å². The van der Waals surface area contributed by atoms with Gasteiger partial charge in [0.2, 0.25) is 0 Å². The summed E-state index contributed by atoms with van der Waals surface area (Å²) in [5, 5.41) is 9.58. The van der Waals surface area contributed by atoms with E-state index in [-0.39, 0.29) is 6.54 Å². The standard InChI is InChI=1S/C11H14BrF2NO/c1-7(16)9-5-8(12)3-4-10(9)15(2)6-11(13)14/h3-5,7,11,16H,6H2,1-2H3. The zero-order valence-electron chi connectivity index (χ0n) is 9.12. The molecule has 0 saturated heterocycles. The topological polar surface area (TPSA) is 23.5 Å². The van der Waals surface area contributed by atoms with Gasteiger partial charge in [0, 0.05) is 22.8 Å². The Hall–Kier alpha value is -0.680. The maximum atomic E-state index is 12.3. The van der Waals surface area contributed by atoms with Gasteiger partial charge in [0.05, 0.1) is 12.6 Å². The van der Waals surface area contributed by atoms with Crippen LogP contribution in [0.5, 0.6) is 0 Å². The molecule has 0 aliphatic heterocycles. The van der Waals surface area contributed by atoms with Gasteiger partial charge in [-0.15, -0.1) is 0 Å². The lowest BCUT2D eigenvalue weighted by Crippen LogP contribution is -2.25. The first kappa shape index (κ1) is 13.4. The second-order valence-electron chi connectivity index (χ2n) is 3.65. The van der Waals surface area contributed by atoms with E-state index in [9.17, 15) is 13.9 Å².